The van der Waals surface area contributed by atoms with Crippen LogP contribution in [0.15, 0.2) is 42.5 Å². The first-order valence-corrected chi connectivity index (χ1v) is 7.09. The van der Waals surface area contributed by atoms with Crippen LogP contribution in [0.1, 0.15) is 22.3 Å². The van der Waals surface area contributed by atoms with Crippen molar-refractivity contribution in [1.82, 2.24) is 0 Å². The fourth-order valence-electron chi connectivity index (χ4n) is 2.90. The van der Waals surface area contributed by atoms with E-state index in [2.05, 4.69) is 38.1 Å². The van der Waals surface area contributed by atoms with Crippen LogP contribution in [0.25, 0.3) is 0 Å². The SMILES string of the molecule is Cc1ccc(CC(=O)N2CCc3ccccc32)c(C)c1. The highest BCUT2D eigenvalue weighted by molar-refractivity contribution is 5.96. The van der Waals surface area contributed by atoms with E-state index in [1.807, 2.05) is 23.1 Å². The molecule has 0 saturated carbocycles. The van der Waals surface area contributed by atoms with Crippen molar-refractivity contribution >= 4 is 11.6 Å². The molecule has 0 atom stereocenters. The van der Waals surface area contributed by atoms with Gasteiger partial charge in [0.25, 0.3) is 0 Å². The monoisotopic (exact) mass is 265 g/mol. The van der Waals surface area contributed by atoms with E-state index >= 15 is 0 Å². The van der Waals surface area contributed by atoms with Gasteiger partial charge in [-0.2, -0.15) is 0 Å². The highest BCUT2D eigenvalue weighted by Crippen LogP contribution is 2.28. The highest BCUT2D eigenvalue weighted by Gasteiger charge is 2.24. The van der Waals surface area contributed by atoms with E-state index in [4.69, 9.17) is 0 Å². The molecule has 2 heteroatoms. The predicted molar refractivity (Wildman–Crippen MR) is 82.1 cm³/mol. The van der Waals surface area contributed by atoms with Crippen LogP contribution >= 0.6 is 0 Å². The molecular weight excluding hydrogens is 246 g/mol. The van der Waals surface area contributed by atoms with Crippen LogP contribution in [0.2, 0.25) is 0 Å². The van der Waals surface area contributed by atoms with E-state index in [0.29, 0.717) is 6.42 Å². The van der Waals surface area contributed by atoms with E-state index in [1.165, 1.54) is 16.7 Å². The topological polar surface area (TPSA) is 20.3 Å². The van der Waals surface area contributed by atoms with Gasteiger partial charge in [-0.05, 0) is 43.0 Å². The number of amides is 1. The normalized spacial score (nSPS) is 13.4. The summed E-state index contributed by atoms with van der Waals surface area (Å²) in [5, 5.41) is 0. The number of carbonyl (C=O) groups is 1. The molecular formula is C18H19NO. The van der Waals surface area contributed by atoms with Crippen LogP contribution in [0.5, 0.6) is 0 Å². The van der Waals surface area contributed by atoms with Gasteiger partial charge in [0.05, 0.1) is 6.42 Å². The molecule has 1 aliphatic heterocycles. The van der Waals surface area contributed by atoms with Crippen LogP contribution in [0, 0.1) is 13.8 Å². The summed E-state index contributed by atoms with van der Waals surface area (Å²) >= 11 is 0. The lowest BCUT2D eigenvalue weighted by atomic mass is 10.0. The van der Waals surface area contributed by atoms with Gasteiger partial charge >= 0.3 is 0 Å². The maximum absolute atomic E-state index is 12.5. The number of carbonyl (C=O) groups excluding carboxylic acids is 1. The van der Waals surface area contributed by atoms with Crippen molar-refractivity contribution in [1.29, 1.82) is 0 Å². The zero-order chi connectivity index (χ0) is 14.1. The average molecular weight is 265 g/mol. The summed E-state index contributed by atoms with van der Waals surface area (Å²) in [6.45, 7) is 4.96. The smallest absolute Gasteiger partial charge is 0.231 e. The molecule has 102 valence electrons. The van der Waals surface area contributed by atoms with E-state index in [1.54, 1.807) is 0 Å². The molecule has 20 heavy (non-hydrogen) atoms. The van der Waals surface area contributed by atoms with E-state index in [-0.39, 0.29) is 5.91 Å². The Morgan fingerprint density at radius 2 is 1.95 bits per heavy atom. The third-order valence-corrected chi connectivity index (χ3v) is 4.03. The van der Waals surface area contributed by atoms with Crippen LogP contribution in [0.4, 0.5) is 5.69 Å². The van der Waals surface area contributed by atoms with Crippen LogP contribution < -0.4 is 4.90 Å². The molecule has 1 amide bonds. The molecule has 0 aliphatic carbocycles. The van der Waals surface area contributed by atoms with Crippen molar-refractivity contribution in [2.75, 3.05) is 11.4 Å². The summed E-state index contributed by atoms with van der Waals surface area (Å²) in [4.78, 5) is 14.5. The Morgan fingerprint density at radius 3 is 2.75 bits per heavy atom. The molecule has 0 aromatic heterocycles. The molecule has 0 radical (unpaired) electrons. The summed E-state index contributed by atoms with van der Waals surface area (Å²) in [7, 11) is 0. The lowest BCUT2D eigenvalue weighted by Gasteiger charge is -2.18. The first-order chi connectivity index (χ1) is 9.65. The molecule has 0 bridgehead atoms. The zero-order valence-electron chi connectivity index (χ0n) is 12.0. The number of aryl methyl sites for hydroxylation is 2. The minimum Gasteiger partial charge on any atom is -0.312 e. The van der Waals surface area contributed by atoms with Gasteiger partial charge in [-0.25, -0.2) is 0 Å². The van der Waals surface area contributed by atoms with Crippen molar-refractivity contribution in [3.63, 3.8) is 0 Å². The van der Waals surface area contributed by atoms with Crippen molar-refractivity contribution in [2.24, 2.45) is 0 Å². The Bertz CT molecular complexity index is 660. The maximum Gasteiger partial charge on any atom is 0.231 e. The molecule has 0 unspecified atom stereocenters. The molecule has 0 saturated heterocycles. The standard InChI is InChI=1S/C18H19NO/c1-13-7-8-16(14(2)11-13)12-18(20)19-10-9-15-5-3-4-6-17(15)19/h3-8,11H,9-10,12H2,1-2H3. The van der Waals surface area contributed by atoms with Gasteiger partial charge in [-0.1, -0.05) is 42.0 Å². The van der Waals surface area contributed by atoms with Crippen molar-refractivity contribution in [2.45, 2.75) is 26.7 Å². The van der Waals surface area contributed by atoms with Gasteiger partial charge in [0.2, 0.25) is 5.91 Å². The number of rotatable bonds is 2. The summed E-state index contributed by atoms with van der Waals surface area (Å²) in [5.41, 5.74) is 5.93. The number of hydrogen-bond acceptors (Lipinski definition) is 1. The minimum absolute atomic E-state index is 0.196. The summed E-state index contributed by atoms with van der Waals surface area (Å²) < 4.78 is 0. The quantitative estimate of drug-likeness (QED) is 0.814. The van der Waals surface area contributed by atoms with E-state index < -0.39 is 0 Å². The number of benzene rings is 2. The van der Waals surface area contributed by atoms with Gasteiger partial charge < -0.3 is 4.90 Å². The zero-order valence-corrected chi connectivity index (χ0v) is 12.0. The molecule has 0 spiro atoms. The fourth-order valence-corrected chi connectivity index (χ4v) is 2.90. The number of hydrogen-bond donors (Lipinski definition) is 0. The molecule has 2 aromatic carbocycles. The maximum atomic E-state index is 12.5. The van der Waals surface area contributed by atoms with Crippen LogP contribution in [0.3, 0.4) is 0 Å². The Balaban J connectivity index is 1.81. The first-order valence-electron chi connectivity index (χ1n) is 7.09. The van der Waals surface area contributed by atoms with Crippen LogP contribution in [-0.4, -0.2) is 12.5 Å². The van der Waals surface area contributed by atoms with Crippen molar-refractivity contribution in [3.8, 4) is 0 Å². The Kier molecular flexibility index (Phi) is 3.31. The van der Waals surface area contributed by atoms with Gasteiger partial charge in [-0.3, -0.25) is 4.79 Å². The van der Waals surface area contributed by atoms with Gasteiger partial charge in [0.1, 0.15) is 0 Å². The van der Waals surface area contributed by atoms with Gasteiger partial charge in [0.15, 0.2) is 0 Å². The number of anilines is 1. The molecule has 0 N–H and O–H groups in total. The van der Waals surface area contributed by atoms with Crippen LogP contribution in [-0.2, 0) is 17.6 Å². The third kappa shape index (κ3) is 2.34. The van der Waals surface area contributed by atoms with Crippen molar-refractivity contribution in [3.05, 3.63) is 64.7 Å². The number of nitrogens with zero attached hydrogens (tertiary/aromatic N) is 1. The first kappa shape index (κ1) is 12.9. The predicted octanol–water partition coefficient (Wildman–Crippen LogP) is 3.44. The fraction of sp³-hybridized carbons (Fsp3) is 0.278. The molecule has 1 heterocycles. The summed E-state index contributed by atoms with van der Waals surface area (Å²) in [6, 6.07) is 14.5. The third-order valence-electron chi connectivity index (χ3n) is 4.03. The molecule has 2 nitrogen and oxygen atoms in total. The lowest BCUT2D eigenvalue weighted by Crippen LogP contribution is -2.30. The van der Waals surface area contributed by atoms with E-state index in [0.717, 1.165) is 24.2 Å². The van der Waals surface area contributed by atoms with Gasteiger partial charge in [-0.15, -0.1) is 0 Å². The Hall–Kier alpha value is -2.09. The lowest BCUT2D eigenvalue weighted by molar-refractivity contribution is -0.117. The Morgan fingerprint density at radius 1 is 1.15 bits per heavy atom. The average Bonchev–Trinajstić information content (AvgIpc) is 2.86. The highest BCUT2D eigenvalue weighted by atomic mass is 16.2. The largest absolute Gasteiger partial charge is 0.312 e. The second-order valence-electron chi connectivity index (χ2n) is 5.53. The molecule has 2 aromatic rings. The minimum atomic E-state index is 0.196. The second kappa shape index (κ2) is 5.12. The van der Waals surface area contributed by atoms with E-state index in [9.17, 15) is 4.79 Å². The summed E-state index contributed by atoms with van der Waals surface area (Å²) in [5.74, 6) is 0.196. The number of para-hydroxylation sites is 1. The number of fused-ring (bicyclic) bond motifs is 1. The molecule has 3 rings (SSSR count). The molecule has 0 fully saturated rings. The Labute approximate surface area is 120 Å². The van der Waals surface area contributed by atoms with Gasteiger partial charge in [0, 0.05) is 12.2 Å². The van der Waals surface area contributed by atoms with Crippen molar-refractivity contribution < 1.29 is 4.79 Å². The summed E-state index contributed by atoms with van der Waals surface area (Å²) in [6.07, 6.45) is 1.45. The second-order valence-corrected chi connectivity index (χ2v) is 5.53. The molecule has 1 aliphatic rings.